The maximum absolute atomic E-state index is 12.0. The largest absolute Gasteiger partial charge is 0.376 e. The molecule has 5 N–H and O–H groups in total. The minimum atomic E-state index is -0.142. The van der Waals surface area contributed by atoms with Crippen LogP contribution >= 0.6 is 12.2 Å². The molecule has 1 heterocycles. The summed E-state index contributed by atoms with van der Waals surface area (Å²) in [5, 5.41) is 13.6. The van der Waals surface area contributed by atoms with Gasteiger partial charge in [-0.2, -0.15) is 0 Å². The predicted octanol–water partition coefficient (Wildman–Crippen LogP) is 1.16. The summed E-state index contributed by atoms with van der Waals surface area (Å²) >= 11 is 4.71. The molecule has 0 fully saturated rings. The van der Waals surface area contributed by atoms with Crippen molar-refractivity contribution in [2.45, 2.75) is 26.2 Å². The molecule has 1 aromatic rings. The number of nitrogens with zero attached hydrogens (tertiary/aromatic N) is 1. The highest BCUT2D eigenvalue weighted by molar-refractivity contribution is 7.80. The summed E-state index contributed by atoms with van der Waals surface area (Å²) in [6.45, 7) is 2.58. The first kappa shape index (κ1) is 17.0. The number of unbranched alkanes of at least 4 members (excludes halogenated alkanes) is 1. The third kappa shape index (κ3) is 6.80. The molecule has 21 heavy (non-hydrogen) atoms. The van der Waals surface area contributed by atoms with Crippen molar-refractivity contribution in [3.63, 3.8) is 0 Å². The molecule has 0 aliphatic carbocycles. The van der Waals surface area contributed by atoms with Crippen LogP contribution in [0, 0.1) is 11.3 Å². The van der Waals surface area contributed by atoms with Gasteiger partial charge in [-0.05, 0) is 37.2 Å². The van der Waals surface area contributed by atoms with E-state index >= 15 is 0 Å². The molecular formula is C14H21N5OS. The first-order chi connectivity index (χ1) is 10.0. The Bertz CT molecular complexity index is 491. The van der Waals surface area contributed by atoms with Gasteiger partial charge in [-0.25, -0.2) is 0 Å². The Morgan fingerprint density at radius 2 is 2.10 bits per heavy atom. The van der Waals surface area contributed by atoms with Gasteiger partial charge in [-0.15, -0.1) is 0 Å². The van der Waals surface area contributed by atoms with Crippen LogP contribution in [0.1, 0.15) is 31.7 Å². The number of amides is 1. The maximum Gasteiger partial charge on any atom is 0.228 e. The zero-order valence-electron chi connectivity index (χ0n) is 12.1. The molecule has 0 aliphatic rings. The van der Waals surface area contributed by atoms with Crippen LogP contribution in [0.2, 0.25) is 0 Å². The van der Waals surface area contributed by atoms with Gasteiger partial charge >= 0.3 is 0 Å². The van der Waals surface area contributed by atoms with Gasteiger partial charge in [-0.3, -0.25) is 15.2 Å². The lowest BCUT2D eigenvalue weighted by atomic mass is 10.0. The predicted molar refractivity (Wildman–Crippen MR) is 87.0 cm³/mol. The number of hydrogen-bond acceptors (Lipinski definition) is 4. The Kier molecular flexibility index (Phi) is 7.31. The summed E-state index contributed by atoms with van der Waals surface area (Å²) in [5.74, 6) is -0.180. The van der Waals surface area contributed by atoms with E-state index in [-0.39, 0.29) is 17.7 Å². The number of nitrogens with two attached hydrogens (primary N) is 1. The van der Waals surface area contributed by atoms with E-state index in [4.69, 9.17) is 23.4 Å². The lowest BCUT2D eigenvalue weighted by Gasteiger charge is -2.13. The monoisotopic (exact) mass is 307 g/mol. The van der Waals surface area contributed by atoms with Gasteiger partial charge in [0.05, 0.1) is 0 Å². The zero-order valence-corrected chi connectivity index (χ0v) is 12.9. The summed E-state index contributed by atoms with van der Waals surface area (Å²) in [6, 6.07) is 3.38. The summed E-state index contributed by atoms with van der Waals surface area (Å²) in [6.07, 6.45) is 5.74. The highest BCUT2D eigenvalue weighted by Gasteiger charge is 2.14. The Balaban J connectivity index is 2.28. The van der Waals surface area contributed by atoms with Crippen LogP contribution in [0.5, 0.6) is 0 Å². The Hall–Kier alpha value is -2.02. The maximum atomic E-state index is 12.0. The highest BCUT2D eigenvalue weighted by Crippen LogP contribution is 2.08. The third-order valence-electron chi connectivity index (χ3n) is 3.03. The van der Waals surface area contributed by atoms with E-state index < -0.39 is 0 Å². The Labute approximate surface area is 130 Å². The number of pyridine rings is 1. The fourth-order valence-electron chi connectivity index (χ4n) is 1.76. The Morgan fingerprint density at radius 1 is 1.43 bits per heavy atom. The SMILES string of the molecule is CC(CCCCNC(N)=S)C(=O)NC(=N)c1ccncc1. The molecular weight excluding hydrogens is 286 g/mol. The van der Waals surface area contributed by atoms with E-state index in [2.05, 4.69) is 15.6 Å². The number of hydrogen-bond donors (Lipinski definition) is 4. The lowest BCUT2D eigenvalue weighted by molar-refractivity contribution is -0.123. The topological polar surface area (TPSA) is 104 Å². The number of amidine groups is 1. The molecule has 0 saturated carbocycles. The summed E-state index contributed by atoms with van der Waals surface area (Å²) in [5.41, 5.74) is 5.97. The molecule has 1 amide bonds. The van der Waals surface area contributed by atoms with E-state index in [0.717, 1.165) is 25.8 Å². The van der Waals surface area contributed by atoms with Crippen molar-refractivity contribution < 1.29 is 4.79 Å². The fraction of sp³-hybridized carbons (Fsp3) is 0.429. The van der Waals surface area contributed by atoms with E-state index in [1.165, 1.54) is 0 Å². The van der Waals surface area contributed by atoms with Crippen LogP contribution in [-0.4, -0.2) is 28.4 Å². The number of aromatic nitrogens is 1. The summed E-state index contributed by atoms with van der Waals surface area (Å²) in [4.78, 5) is 15.9. The number of carbonyl (C=O) groups excluding carboxylic acids is 1. The van der Waals surface area contributed by atoms with Gasteiger partial charge in [0.15, 0.2) is 5.11 Å². The van der Waals surface area contributed by atoms with E-state index in [1.54, 1.807) is 24.5 Å². The van der Waals surface area contributed by atoms with Crippen LogP contribution in [0.25, 0.3) is 0 Å². The lowest BCUT2D eigenvalue weighted by Crippen LogP contribution is -2.34. The van der Waals surface area contributed by atoms with E-state index in [0.29, 0.717) is 10.7 Å². The summed E-state index contributed by atoms with van der Waals surface area (Å²) in [7, 11) is 0. The number of carbonyl (C=O) groups is 1. The van der Waals surface area contributed by atoms with Crippen molar-refractivity contribution >= 4 is 29.1 Å². The summed E-state index contributed by atoms with van der Waals surface area (Å²) < 4.78 is 0. The van der Waals surface area contributed by atoms with Crippen LogP contribution in [0.15, 0.2) is 24.5 Å². The molecule has 0 saturated heterocycles. The first-order valence-electron chi connectivity index (χ1n) is 6.84. The molecule has 1 atom stereocenters. The minimum Gasteiger partial charge on any atom is -0.376 e. The smallest absolute Gasteiger partial charge is 0.228 e. The second-order valence-electron chi connectivity index (χ2n) is 4.79. The average Bonchev–Trinajstić information content (AvgIpc) is 2.47. The minimum absolute atomic E-state index is 0.101. The first-order valence-corrected chi connectivity index (χ1v) is 7.24. The van der Waals surface area contributed by atoms with Crippen LogP contribution in [0.4, 0.5) is 0 Å². The molecule has 0 spiro atoms. The molecule has 6 nitrogen and oxygen atoms in total. The normalized spacial score (nSPS) is 11.5. The highest BCUT2D eigenvalue weighted by atomic mass is 32.1. The second-order valence-corrected chi connectivity index (χ2v) is 5.23. The van der Waals surface area contributed by atoms with Crippen LogP contribution in [-0.2, 0) is 4.79 Å². The number of nitrogens with one attached hydrogen (secondary N) is 3. The van der Waals surface area contributed by atoms with Gasteiger partial charge in [0, 0.05) is 30.4 Å². The van der Waals surface area contributed by atoms with Crippen molar-refractivity contribution in [3.05, 3.63) is 30.1 Å². The number of thiocarbonyl (C=S) groups is 1. The standard InChI is InChI=1S/C14H21N5OS/c1-10(4-2-3-7-18-14(16)21)13(20)19-12(15)11-5-8-17-9-6-11/h5-6,8-10H,2-4,7H2,1H3,(H2,15,19,20)(H3,16,18,21). The van der Waals surface area contributed by atoms with Crippen molar-refractivity contribution in [2.75, 3.05) is 6.54 Å². The van der Waals surface area contributed by atoms with E-state index in [9.17, 15) is 4.79 Å². The molecule has 1 rings (SSSR count). The molecule has 0 aromatic carbocycles. The Morgan fingerprint density at radius 3 is 2.71 bits per heavy atom. The fourth-order valence-corrected chi connectivity index (χ4v) is 1.86. The molecule has 0 radical (unpaired) electrons. The van der Waals surface area contributed by atoms with E-state index in [1.807, 2.05) is 6.92 Å². The van der Waals surface area contributed by atoms with Crippen molar-refractivity contribution in [2.24, 2.45) is 11.7 Å². The second kappa shape index (κ2) is 9.02. The van der Waals surface area contributed by atoms with Crippen molar-refractivity contribution in [3.8, 4) is 0 Å². The zero-order chi connectivity index (χ0) is 15.7. The van der Waals surface area contributed by atoms with Crippen molar-refractivity contribution in [1.82, 2.24) is 15.6 Å². The molecule has 7 heteroatoms. The van der Waals surface area contributed by atoms with Gasteiger partial charge in [-0.1, -0.05) is 13.3 Å². The quantitative estimate of drug-likeness (QED) is 0.262. The molecule has 1 unspecified atom stereocenters. The van der Waals surface area contributed by atoms with Crippen LogP contribution in [0.3, 0.4) is 0 Å². The molecule has 0 bridgehead atoms. The average molecular weight is 307 g/mol. The number of rotatable bonds is 7. The molecule has 1 aromatic heterocycles. The van der Waals surface area contributed by atoms with Crippen molar-refractivity contribution in [1.29, 1.82) is 5.41 Å². The third-order valence-corrected chi connectivity index (χ3v) is 3.17. The van der Waals surface area contributed by atoms with Gasteiger partial charge < -0.3 is 16.4 Å². The molecule has 0 aliphatic heterocycles. The van der Waals surface area contributed by atoms with Gasteiger partial charge in [0.25, 0.3) is 0 Å². The van der Waals surface area contributed by atoms with Gasteiger partial charge in [0.2, 0.25) is 5.91 Å². The molecule has 114 valence electrons. The van der Waals surface area contributed by atoms with Crippen LogP contribution < -0.4 is 16.4 Å². The van der Waals surface area contributed by atoms with Gasteiger partial charge in [0.1, 0.15) is 5.84 Å².